The van der Waals surface area contributed by atoms with Crippen LogP contribution >= 0.6 is 0 Å². The summed E-state index contributed by atoms with van der Waals surface area (Å²) < 4.78 is 4.42. The predicted molar refractivity (Wildman–Crippen MR) is 45.5 cm³/mol. The molecule has 0 saturated carbocycles. The van der Waals surface area contributed by atoms with Gasteiger partial charge in [0.15, 0.2) is 11.5 Å². The van der Waals surface area contributed by atoms with Crippen molar-refractivity contribution < 1.29 is 19.7 Å². The third kappa shape index (κ3) is 2.11. The molecule has 1 rings (SSSR count). The maximum absolute atomic E-state index is 10.8. The smallest absolute Gasteiger partial charge is 0.310 e. The van der Waals surface area contributed by atoms with Gasteiger partial charge >= 0.3 is 5.97 Å². The van der Waals surface area contributed by atoms with Crippen LogP contribution in [-0.2, 0) is 16.0 Å². The molecule has 0 aliphatic rings. The maximum atomic E-state index is 10.8. The number of esters is 1. The Morgan fingerprint density at radius 3 is 2.77 bits per heavy atom. The highest BCUT2D eigenvalue weighted by molar-refractivity contribution is 5.73. The Morgan fingerprint density at radius 1 is 1.46 bits per heavy atom. The van der Waals surface area contributed by atoms with Gasteiger partial charge in [0.1, 0.15) is 0 Å². The lowest BCUT2D eigenvalue weighted by molar-refractivity contribution is -0.139. The Bertz CT molecular complexity index is 319. The summed E-state index contributed by atoms with van der Waals surface area (Å²) >= 11 is 0. The standard InChI is InChI=1S/C9H10O4/c1-13-8(11)5-6-3-2-4-7(10)9(6)12/h2-4,10,12H,5H2,1H3. The molecule has 0 fully saturated rings. The van der Waals surface area contributed by atoms with Crippen LogP contribution in [0.25, 0.3) is 0 Å². The second kappa shape index (κ2) is 3.80. The lowest BCUT2D eigenvalue weighted by atomic mass is 10.1. The van der Waals surface area contributed by atoms with Gasteiger partial charge in [-0.25, -0.2) is 0 Å². The zero-order valence-corrected chi connectivity index (χ0v) is 7.15. The number of carbonyl (C=O) groups excluding carboxylic acids is 1. The minimum Gasteiger partial charge on any atom is -0.504 e. The number of aromatic hydroxyl groups is 2. The Kier molecular flexibility index (Phi) is 2.74. The first-order valence-electron chi connectivity index (χ1n) is 3.71. The first-order valence-corrected chi connectivity index (χ1v) is 3.71. The largest absolute Gasteiger partial charge is 0.504 e. The van der Waals surface area contributed by atoms with Crippen molar-refractivity contribution in [3.63, 3.8) is 0 Å². The Balaban J connectivity index is 2.89. The number of phenols is 2. The van der Waals surface area contributed by atoms with E-state index in [0.717, 1.165) is 0 Å². The van der Waals surface area contributed by atoms with Crippen LogP contribution in [0.2, 0.25) is 0 Å². The van der Waals surface area contributed by atoms with E-state index in [1.807, 2.05) is 0 Å². The number of methoxy groups -OCH3 is 1. The zero-order chi connectivity index (χ0) is 9.84. The predicted octanol–water partition coefficient (Wildman–Crippen LogP) is 0.813. The third-order valence-corrected chi connectivity index (χ3v) is 1.66. The molecule has 0 saturated heterocycles. The van der Waals surface area contributed by atoms with Crippen LogP contribution in [0.15, 0.2) is 18.2 Å². The second-order valence-corrected chi connectivity index (χ2v) is 2.54. The van der Waals surface area contributed by atoms with Gasteiger partial charge in [-0.1, -0.05) is 12.1 Å². The highest BCUT2D eigenvalue weighted by Crippen LogP contribution is 2.28. The van der Waals surface area contributed by atoms with Crippen LogP contribution in [0.4, 0.5) is 0 Å². The van der Waals surface area contributed by atoms with Gasteiger partial charge in [-0.2, -0.15) is 0 Å². The van der Waals surface area contributed by atoms with Crippen LogP contribution < -0.4 is 0 Å². The molecule has 0 aliphatic carbocycles. The van der Waals surface area contributed by atoms with E-state index in [-0.39, 0.29) is 17.9 Å². The summed E-state index contributed by atoms with van der Waals surface area (Å²) in [5, 5.41) is 18.4. The summed E-state index contributed by atoms with van der Waals surface area (Å²) in [6.07, 6.45) is -0.0449. The molecule has 70 valence electrons. The molecule has 0 heterocycles. The molecule has 2 N–H and O–H groups in total. The third-order valence-electron chi connectivity index (χ3n) is 1.66. The van der Waals surface area contributed by atoms with E-state index in [4.69, 9.17) is 5.11 Å². The van der Waals surface area contributed by atoms with Crippen molar-refractivity contribution >= 4 is 5.97 Å². The number of hydrogen-bond acceptors (Lipinski definition) is 4. The normalized spacial score (nSPS) is 9.62. The molecule has 4 heteroatoms. The van der Waals surface area contributed by atoms with Crippen LogP contribution in [0.1, 0.15) is 5.56 Å². The summed E-state index contributed by atoms with van der Waals surface area (Å²) in [5.41, 5.74) is 0.354. The van der Waals surface area contributed by atoms with Gasteiger partial charge in [-0.3, -0.25) is 4.79 Å². The number of carbonyl (C=O) groups is 1. The summed E-state index contributed by atoms with van der Waals surface area (Å²) in [6, 6.07) is 4.44. The molecule has 0 amide bonds. The maximum Gasteiger partial charge on any atom is 0.310 e. The molecule has 0 aliphatic heterocycles. The topological polar surface area (TPSA) is 66.8 Å². The molecule has 0 bridgehead atoms. The summed E-state index contributed by atoms with van der Waals surface area (Å²) in [6.45, 7) is 0. The van der Waals surface area contributed by atoms with Crippen molar-refractivity contribution in [2.75, 3.05) is 7.11 Å². The van der Waals surface area contributed by atoms with Gasteiger partial charge in [0.25, 0.3) is 0 Å². The lowest BCUT2D eigenvalue weighted by Crippen LogP contribution is -2.04. The van der Waals surface area contributed by atoms with Gasteiger partial charge in [-0.05, 0) is 6.07 Å². The monoisotopic (exact) mass is 182 g/mol. The fourth-order valence-electron chi connectivity index (χ4n) is 0.948. The van der Waals surface area contributed by atoms with E-state index in [0.29, 0.717) is 5.56 Å². The van der Waals surface area contributed by atoms with Crippen molar-refractivity contribution in [1.82, 2.24) is 0 Å². The van der Waals surface area contributed by atoms with Gasteiger partial charge in [-0.15, -0.1) is 0 Å². The molecule has 0 spiro atoms. The first kappa shape index (κ1) is 9.38. The number of ether oxygens (including phenoxy) is 1. The second-order valence-electron chi connectivity index (χ2n) is 2.54. The van der Waals surface area contributed by atoms with Crippen LogP contribution in [0.5, 0.6) is 11.5 Å². The van der Waals surface area contributed by atoms with Gasteiger partial charge < -0.3 is 14.9 Å². The molecule has 1 aromatic carbocycles. The highest BCUT2D eigenvalue weighted by atomic mass is 16.5. The van der Waals surface area contributed by atoms with Crippen molar-refractivity contribution in [3.8, 4) is 11.5 Å². The molecule has 0 radical (unpaired) electrons. The van der Waals surface area contributed by atoms with Crippen molar-refractivity contribution in [2.45, 2.75) is 6.42 Å². The highest BCUT2D eigenvalue weighted by Gasteiger charge is 2.09. The van der Waals surface area contributed by atoms with Gasteiger partial charge in [0.2, 0.25) is 0 Å². The molecule has 4 nitrogen and oxygen atoms in total. The minimum absolute atomic E-state index is 0.0449. The summed E-state index contributed by atoms with van der Waals surface area (Å²) in [5.74, 6) is -0.963. The molecule has 13 heavy (non-hydrogen) atoms. The van der Waals surface area contributed by atoms with Crippen molar-refractivity contribution in [3.05, 3.63) is 23.8 Å². The van der Waals surface area contributed by atoms with Crippen LogP contribution in [0, 0.1) is 0 Å². The van der Waals surface area contributed by atoms with Crippen molar-refractivity contribution in [2.24, 2.45) is 0 Å². The van der Waals surface area contributed by atoms with E-state index in [1.54, 1.807) is 12.1 Å². The van der Waals surface area contributed by atoms with E-state index in [2.05, 4.69) is 4.74 Å². The van der Waals surface area contributed by atoms with E-state index in [9.17, 15) is 9.90 Å². The first-order chi connectivity index (χ1) is 6.15. The van der Waals surface area contributed by atoms with Crippen LogP contribution in [0.3, 0.4) is 0 Å². The number of rotatable bonds is 2. The number of para-hydroxylation sites is 1. The number of hydrogen-bond donors (Lipinski definition) is 2. The number of benzene rings is 1. The Morgan fingerprint density at radius 2 is 2.15 bits per heavy atom. The molecule has 0 aromatic heterocycles. The SMILES string of the molecule is COC(=O)Cc1cccc(O)c1O. The van der Waals surface area contributed by atoms with Crippen LogP contribution in [-0.4, -0.2) is 23.3 Å². The molecule has 0 unspecified atom stereocenters. The Labute approximate surface area is 75.4 Å². The average molecular weight is 182 g/mol. The van der Waals surface area contributed by atoms with Gasteiger partial charge in [0.05, 0.1) is 13.5 Å². The summed E-state index contributed by atoms with van der Waals surface area (Å²) in [7, 11) is 1.27. The number of phenolic OH excluding ortho intramolecular Hbond substituents is 2. The Hall–Kier alpha value is -1.71. The van der Waals surface area contributed by atoms with E-state index >= 15 is 0 Å². The molecule has 0 atom stereocenters. The van der Waals surface area contributed by atoms with Gasteiger partial charge in [0, 0.05) is 5.56 Å². The summed E-state index contributed by atoms with van der Waals surface area (Å²) in [4.78, 5) is 10.8. The zero-order valence-electron chi connectivity index (χ0n) is 7.15. The average Bonchev–Trinajstić information content (AvgIpc) is 2.13. The van der Waals surface area contributed by atoms with Crippen molar-refractivity contribution in [1.29, 1.82) is 0 Å². The lowest BCUT2D eigenvalue weighted by Gasteiger charge is -2.03. The van der Waals surface area contributed by atoms with E-state index < -0.39 is 5.97 Å². The fourth-order valence-corrected chi connectivity index (χ4v) is 0.948. The molecule has 1 aromatic rings. The fraction of sp³-hybridized carbons (Fsp3) is 0.222. The quantitative estimate of drug-likeness (QED) is 0.524. The van der Waals surface area contributed by atoms with E-state index in [1.165, 1.54) is 13.2 Å². The molecular formula is C9H10O4. The molecular weight excluding hydrogens is 172 g/mol. The minimum atomic E-state index is -0.457.